The molecule has 0 atom stereocenters. The maximum atomic E-state index is 12.6. The fourth-order valence-electron chi connectivity index (χ4n) is 3.28. The first-order chi connectivity index (χ1) is 12.7. The first-order valence-electron chi connectivity index (χ1n) is 9.97. The van der Waals surface area contributed by atoms with Gasteiger partial charge in [-0.05, 0) is 12.2 Å². The maximum absolute atomic E-state index is 12.6. The summed E-state index contributed by atoms with van der Waals surface area (Å²) < 4.78 is 0. The number of allylic oxidation sites excluding steroid dienone is 2. The lowest BCUT2D eigenvalue weighted by molar-refractivity contribution is 0.0980. The number of unbranched alkanes of at least 4 members (excludes halogenated alkanes) is 9. The molecule has 142 valence electrons. The van der Waals surface area contributed by atoms with Crippen LogP contribution in [0.15, 0.2) is 34.9 Å². The van der Waals surface area contributed by atoms with E-state index in [9.17, 15) is 9.59 Å². The molecule has 0 heterocycles. The minimum absolute atomic E-state index is 0.102. The highest BCUT2D eigenvalue weighted by atomic mass is 32.2. The van der Waals surface area contributed by atoms with Crippen molar-refractivity contribution >= 4 is 23.3 Å². The van der Waals surface area contributed by atoms with Crippen LogP contribution in [0.3, 0.4) is 0 Å². The number of carbonyl (C=O) groups is 2. The maximum Gasteiger partial charge on any atom is 0.210 e. The Morgan fingerprint density at radius 2 is 1.27 bits per heavy atom. The lowest BCUT2D eigenvalue weighted by Gasteiger charge is -2.17. The van der Waals surface area contributed by atoms with Crippen LogP contribution in [0.2, 0.25) is 0 Å². The Bertz CT molecular complexity index is 651. The van der Waals surface area contributed by atoms with Gasteiger partial charge in [0.1, 0.15) is 0 Å². The van der Waals surface area contributed by atoms with Crippen molar-refractivity contribution in [1.29, 1.82) is 0 Å². The van der Waals surface area contributed by atoms with Crippen LogP contribution < -0.4 is 5.73 Å². The summed E-state index contributed by atoms with van der Waals surface area (Å²) in [4.78, 5) is 25.3. The highest BCUT2D eigenvalue weighted by molar-refractivity contribution is 8.04. The first kappa shape index (κ1) is 20.8. The SMILES string of the molecule is CCCCCCCCCCCCSC1=C(N)C(=O)c2ccccc2C1=O. The molecule has 3 nitrogen and oxygen atoms in total. The van der Waals surface area contributed by atoms with Gasteiger partial charge in [-0.15, -0.1) is 11.8 Å². The number of hydrogen-bond acceptors (Lipinski definition) is 4. The number of Topliss-reactive ketones (excluding diaryl/α,β-unsaturated/α-hetero) is 2. The second-order valence-corrected chi connectivity index (χ2v) is 8.08. The Balaban J connectivity index is 1.66. The Kier molecular flexibility index (Phi) is 8.96. The highest BCUT2D eigenvalue weighted by Crippen LogP contribution is 2.31. The topological polar surface area (TPSA) is 60.2 Å². The van der Waals surface area contributed by atoms with Crippen LogP contribution in [0.5, 0.6) is 0 Å². The van der Waals surface area contributed by atoms with E-state index in [1.807, 2.05) is 0 Å². The lowest BCUT2D eigenvalue weighted by atomic mass is 9.93. The molecule has 0 saturated heterocycles. The van der Waals surface area contributed by atoms with Crippen LogP contribution in [0.4, 0.5) is 0 Å². The van der Waals surface area contributed by atoms with Crippen molar-refractivity contribution in [1.82, 2.24) is 0 Å². The summed E-state index contributed by atoms with van der Waals surface area (Å²) in [6.45, 7) is 2.25. The number of thioether (sulfide) groups is 1. The number of nitrogens with two attached hydrogens (primary N) is 1. The van der Waals surface area contributed by atoms with Crippen molar-refractivity contribution in [2.75, 3.05) is 5.75 Å². The first-order valence-corrected chi connectivity index (χ1v) is 11.0. The zero-order chi connectivity index (χ0) is 18.8. The summed E-state index contributed by atoms with van der Waals surface area (Å²) in [5, 5.41) is 0. The number of hydrogen-bond donors (Lipinski definition) is 1. The summed E-state index contributed by atoms with van der Waals surface area (Å²) in [6.07, 6.45) is 12.9. The molecule has 1 aromatic carbocycles. The van der Waals surface area contributed by atoms with Crippen molar-refractivity contribution in [2.24, 2.45) is 5.73 Å². The molecule has 4 heteroatoms. The molecule has 1 aromatic rings. The van der Waals surface area contributed by atoms with E-state index in [0.717, 1.165) is 12.2 Å². The van der Waals surface area contributed by atoms with E-state index in [1.165, 1.54) is 69.5 Å². The van der Waals surface area contributed by atoms with Crippen LogP contribution in [0.25, 0.3) is 0 Å². The Morgan fingerprint density at radius 1 is 0.769 bits per heavy atom. The molecule has 2 rings (SSSR count). The third-order valence-corrected chi connectivity index (χ3v) is 6.04. The molecule has 0 aromatic heterocycles. The predicted molar refractivity (Wildman–Crippen MR) is 111 cm³/mol. The zero-order valence-corrected chi connectivity index (χ0v) is 16.7. The minimum atomic E-state index is -0.217. The van der Waals surface area contributed by atoms with Crippen LogP contribution in [-0.4, -0.2) is 17.3 Å². The van der Waals surface area contributed by atoms with Gasteiger partial charge in [-0.2, -0.15) is 0 Å². The van der Waals surface area contributed by atoms with Crippen molar-refractivity contribution in [3.63, 3.8) is 0 Å². The standard InChI is InChI=1S/C22H31NO2S/c1-2-3-4-5-6-7-8-9-10-13-16-26-22-19(23)20(24)17-14-11-12-15-18(17)21(22)25/h11-12,14-15H,2-10,13,16,23H2,1H3. The van der Waals surface area contributed by atoms with Crippen LogP contribution >= 0.6 is 11.8 Å². The quantitative estimate of drug-likeness (QED) is 0.464. The molecule has 1 aliphatic carbocycles. The predicted octanol–water partition coefficient (Wildman–Crippen LogP) is 5.89. The largest absolute Gasteiger partial charge is 0.395 e. The summed E-state index contributed by atoms with van der Waals surface area (Å²) in [7, 11) is 0. The molecule has 0 radical (unpaired) electrons. The summed E-state index contributed by atoms with van der Waals surface area (Å²) in [6, 6.07) is 6.94. The molecule has 0 spiro atoms. The number of rotatable bonds is 12. The zero-order valence-electron chi connectivity index (χ0n) is 15.9. The van der Waals surface area contributed by atoms with Crippen molar-refractivity contribution in [3.05, 3.63) is 46.0 Å². The minimum Gasteiger partial charge on any atom is -0.395 e. The van der Waals surface area contributed by atoms with E-state index in [4.69, 9.17) is 5.73 Å². The van der Waals surface area contributed by atoms with Gasteiger partial charge in [-0.25, -0.2) is 0 Å². The van der Waals surface area contributed by atoms with Gasteiger partial charge in [0.05, 0.1) is 10.6 Å². The molecule has 0 bridgehead atoms. The summed E-state index contributed by atoms with van der Waals surface area (Å²) >= 11 is 1.44. The van der Waals surface area contributed by atoms with Gasteiger partial charge < -0.3 is 5.73 Å². The monoisotopic (exact) mass is 373 g/mol. The van der Waals surface area contributed by atoms with Gasteiger partial charge in [0.2, 0.25) is 11.6 Å². The second kappa shape index (κ2) is 11.2. The van der Waals surface area contributed by atoms with Crippen LogP contribution in [-0.2, 0) is 0 Å². The third-order valence-electron chi connectivity index (χ3n) is 4.86. The van der Waals surface area contributed by atoms with E-state index < -0.39 is 0 Å². The molecule has 0 aliphatic heterocycles. The fraction of sp³-hybridized carbons (Fsp3) is 0.545. The van der Waals surface area contributed by atoms with Gasteiger partial charge in [0, 0.05) is 11.1 Å². The molecular formula is C22H31NO2S. The molecule has 26 heavy (non-hydrogen) atoms. The van der Waals surface area contributed by atoms with Crippen molar-refractivity contribution < 1.29 is 9.59 Å². The molecule has 0 saturated carbocycles. The molecular weight excluding hydrogens is 342 g/mol. The smallest absolute Gasteiger partial charge is 0.210 e. The Labute approximate surface area is 161 Å². The third kappa shape index (κ3) is 5.73. The van der Waals surface area contributed by atoms with E-state index in [2.05, 4.69) is 6.92 Å². The number of carbonyl (C=O) groups excluding carboxylic acids is 2. The van der Waals surface area contributed by atoms with Crippen LogP contribution in [0, 0.1) is 0 Å². The number of benzene rings is 1. The summed E-state index contributed by atoms with van der Waals surface area (Å²) in [5.74, 6) is 0.522. The van der Waals surface area contributed by atoms with Crippen molar-refractivity contribution in [3.8, 4) is 0 Å². The molecule has 0 unspecified atom stereocenters. The molecule has 0 fully saturated rings. The molecule has 0 amide bonds. The number of fused-ring (bicyclic) bond motifs is 1. The van der Waals surface area contributed by atoms with Crippen LogP contribution in [0.1, 0.15) is 91.8 Å². The lowest BCUT2D eigenvalue weighted by Crippen LogP contribution is -2.25. The molecule has 2 N–H and O–H groups in total. The van der Waals surface area contributed by atoms with Gasteiger partial charge in [0.15, 0.2) is 0 Å². The van der Waals surface area contributed by atoms with E-state index in [0.29, 0.717) is 16.0 Å². The van der Waals surface area contributed by atoms with Gasteiger partial charge >= 0.3 is 0 Å². The Hall–Kier alpha value is -1.55. The average Bonchev–Trinajstić information content (AvgIpc) is 2.66. The number of ketones is 2. The normalized spacial score (nSPS) is 14.0. The average molecular weight is 374 g/mol. The summed E-state index contributed by atoms with van der Waals surface area (Å²) in [5.41, 5.74) is 6.98. The second-order valence-electron chi connectivity index (χ2n) is 6.98. The van der Waals surface area contributed by atoms with Gasteiger partial charge in [0.25, 0.3) is 0 Å². The fourth-order valence-corrected chi connectivity index (χ4v) is 4.32. The Morgan fingerprint density at radius 3 is 1.85 bits per heavy atom. The molecule has 1 aliphatic rings. The van der Waals surface area contributed by atoms with Gasteiger partial charge in [-0.3, -0.25) is 9.59 Å². The van der Waals surface area contributed by atoms with Crippen molar-refractivity contribution in [2.45, 2.75) is 71.1 Å². The highest BCUT2D eigenvalue weighted by Gasteiger charge is 2.30. The van der Waals surface area contributed by atoms with Gasteiger partial charge in [-0.1, -0.05) is 89.0 Å². The van der Waals surface area contributed by atoms with E-state index in [1.54, 1.807) is 24.3 Å². The van der Waals surface area contributed by atoms with E-state index in [-0.39, 0.29) is 17.3 Å². The van der Waals surface area contributed by atoms with E-state index >= 15 is 0 Å².